The van der Waals surface area contributed by atoms with Gasteiger partial charge in [-0.05, 0) is 44.4 Å². The summed E-state index contributed by atoms with van der Waals surface area (Å²) in [4.78, 5) is 80.8. The SMILES string of the molecule is CC[C@H](C)C(CCC(=O)N1CCCC1CC(C)C(=O)NC(C)CO)N(C)C(=O)C(NC(=O)CN(C)C(=O)OCCSSCCC(N)=O)C(C)C. The lowest BCUT2D eigenvalue weighted by Crippen LogP contribution is -2.55. The predicted octanol–water partition coefficient (Wildman–Crippen LogP) is 2.62. The number of nitrogens with zero attached hydrogens (tertiary/aromatic N) is 3. The van der Waals surface area contributed by atoms with E-state index in [4.69, 9.17) is 10.5 Å². The van der Waals surface area contributed by atoms with Gasteiger partial charge in [-0.25, -0.2) is 4.79 Å². The number of primary amides is 1. The lowest BCUT2D eigenvalue weighted by molar-refractivity contribution is -0.140. The Balaban J connectivity index is 2.77. The van der Waals surface area contributed by atoms with Crippen molar-refractivity contribution in [3.63, 3.8) is 0 Å². The van der Waals surface area contributed by atoms with Gasteiger partial charge >= 0.3 is 6.09 Å². The van der Waals surface area contributed by atoms with Crippen LogP contribution in [0, 0.1) is 17.8 Å². The lowest BCUT2D eigenvalue weighted by atomic mass is 9.91. The molecular weight excluding hydrogens is 685 g/mol. The summed E-state index contributed by atoms with van der Waals surface area (Å²) in [6.07, 6.45) is 3.35. The number of nitrogens with two attached hydrogens (primary N) is 1. The van der Waals surface area contributed by atoms with Crippen LogP contribution in [0.3, 0.4) is 0 Å². The Labute approximate surface area is 306 Å². The molecule has 0 spiro atoms. The van der Waals surface area contributed by atoms with Crippen LogP contribution < -0.4 is 16.4 Å². The highest BCUT2D eigenvalue weighted by Gasteiger charge is 2.35. The van der Waals surface area contributed by atoms with E-state index in [9.17, 15) is 33.9 Å². The second-order valence-electron chi connectivity index (χ2n) is 13.7. The van der Waals surface area contributed by atoms with Crippen LogP contribution in [0.5, 0.6) is 0 Å². The van der Waals surface area contributed by atoms with Gasteiger partial charge in [-0.1, -0.05) is 62.6 Å². The van der Waals surface area contributed by atoms with E-state index in [1.165, 1.54) is 28.6 Å². The molecule has 16 heteroatoms. The number of aliphatic hydroxyl groups excluding tert-OH is 1. The molecule has 1 rings (SSSR count). The Bertz CT molecular complexity index is 1120. The summed E-state index contributed by atoms with van der Waals surface area (Å²) in [6.45, 7) is 11.7. The fourth-order valence-electron chi connectivity index (χ4n) is 5.83. The largest absolute Gasteiger partial charge is 0.449 e. The van der Waals surface area contributed by atoms with Crippen molar-refractivity contribution in [2.45, 2.75) is 111 Å². The minimum Gasteiger partial charge on any atom is -0.449 e. The topological polar surface area (TPSA) is 192 Å². The van der Waals surface area contributed by atoms with Gasteiger partial charge in [-0.15, -0.1) is 0 Å². The van der Waals surface area contributed by atoms with Crippen molar-refractivity contribution in [2.24, 2.45) is 23.5 Å². The molecule has 0 radical (unpaired) electrons. The number of nitrogens with one attached hydrogen (secondary N) is 2. The third kappa shape index (κ3) is 16.1. The number of hydrogen-bond acceptors (Lipinski definition) is 10. The molecule has 6 amide bonds. The van der Waals surface area contributed by atoms with Crippen LogP contribution in [0.2, 0.25) is 0 Å². The van der Waals surface area contributed by atoms with E-state index >= 15 is 0 Å². The monoisotopic (exact) mass is 746 g/mol. The van der Waals surface area contributed by atoms with Crippen LogP contribution in [-0.4, -0.2) is 132 Å². The maximum absolute atomic E-state index is 13.9. The van der Waals surface area contributed by atoms with E-state index < -0.39 is 18.0 Å². The highest BCUT2D eigenvalue weighted by atomic mass is 33.1. The zero-order chi connectivity index (χ0) is 38.0. The maximum atomic E-state index is 13.9. The molecular formula is C34H62N6O8S2. The van der Waals surface area contributed by atoms with Gasteiger partial charge in [0.15, 0.2) is 0 Å². The van der Waals surface area contributed by atoms with Crippen molar-refractivity contribution in [1.29, 1.82) is 0 Å². The van der Waals surface area contributed by atoms with Crippen molar-refractivity contribution in [3.8, 4) is 0 Å². The van der Waals surface area contributed by atoms with E-state index in [1.807, 2.05) is 39.5 Å². The molecule has 0 aliphatic carbocycles. The zero-order valence-electron chi connectivity index (χ0n) is 31.3. The number of carbonyl (C=O) groups excluding carboxylic acids is 6. The minimum atomic E-state index is -0.836. The smallest absolute Gasteiger partial charge is 0.409 e. The average Bonchev–Trinajstić information content (AvgIpc) is 3.53. The van der Waals surface area contributed by atoms with Gasteiger partial charge in [0.1, 0.15) is 19.2 Å². The number of aliphatic hydroxyl groups is 1. The van der Waals surface area contributed by atoms with E-state index in [0.29, 0.717) is 30.9 Å². The Hall–Kier alpha value is -2.72. The quantitative estimate of drug-likeness (QED) is 0.0893. The molecule has 0 saturated carbocycles. The third-order valence-electron chi connectivity index (χ3n) is 9.08. The van der Waals surface area contributed by atoms with Crippen molar-refractivity contribution < 1.29 is 38.6 Å². The minimum absolute atomic E-state index is 0.00190. The van der Waals surface area contributed by atoms with Crippen molar-refractivity contribution >= 4 is 57.2 Å². The molecule has 1 aliphatic rings. The van der Waals surface area contributed by atoms with E-state index in [2.05, 4.69) is 10.6 Å². The normalized spacial score (nSPS) is 17.3. The number of ether oxygens (including phenoxy) is 1. The summed E-state index contributed by atoms with van der Waals surface area (Å²) in [6, 6.07) is -1.45. The number of rotatable bonds is 23. The molecule has 1 aliphatic heterocycles. The second-order valence-corrected chi connectivity index (χ2v) is 16.4. The van der Waals surface area contributed by atoms with Gasteiger partial charge in [0.2, 0.25) is 29.5 Å². The van der Waals surface area contributed by atoms with Crippen LogP contribution in [-0.2, 0) is 28.7 Å². The van der Waals surface area contributed by atoms with Crippen LogP contribution in [0.25, 0.3) is 0 Å². The average molecular weight is 747 g/mol. The van der Waals surface area contributed by atoms with Gasteiger partial charge < -0.3 is 40.9 Å². The van der Waals surface area contributed by atoms with Crippen LogP contribution in [0.4, 0.5) is 4.79 Å². The van der Waals surface area contributed by atoms with E-state index in [-0.39, 0.29) is 92.1 Å². The molecule has 0 bridgehead atoms. The summed E-state index contributed by atoms with van der Waals surface area (Å²) in [5.41, 5.74) is 5.11. The molecule has 0 aromatic heterocycles. The first-order valence-corrected chi connectivity index (χ1v) is 20.2. The zero-order valence-corrected chi connectivity index (χ0v) is 32.9. The summed E-state index contributed by atoms with van der Waals surface area (Å²) in [5, 5.41) is 14.9. The first-order chi connectivity index (χ1) is 23.5. The van der Waals surface area contributed by atoms with Gasteiger partial charge in [0.25, 0.3) is 0 Å². The van der Waals surface area contributed by atoms with Crippen molar-refractivity contribution in [1.82, 2.24) is 25.3 Å². The molecule has 0 aromatic carbocycles. The van der Waals surface area contributed by atoms with Crippen molar-refractivity contribution in [2.75, 3.05) is 51.9 Å². The molecule has 6 atom stereocenters. The number of hydrogen-bond donors (Lipinski definition) is 4. The summed E-state index contributed by atoms with van der Waals surface area (Å²) in [7, 11) is 6.07. The number of amides is 6. The molecule has 1 fully saturated rings. The fraction of sp³-hybridized carbons (Fsp3) is 0.824. The Morgan fingerprint density at radius 2 is 1.66 bits per heavy atom. The molecule has 1 heterocycles. The molecule has 0 aromatic rings. The van der Waals surface area contributed by atoms with Gasteiger partial charge in [0.05, 0.1) is 6.61 Å². The van der Waals surface area contributed by atoms with Crippen LogP contribution >= 0.6 is 21.6 Å². The van der Waals surface area contributed by atoms with E-state index in [0.717, 1.165) is 24.2 Å². The molecule has 50 heavy (non-hydrogen) atoms. The molecule has 288 valence electrons. The third-order valence-corrected chi connectivity index (χ3v) is 11.5. The number of likely N-dealkylation sites (tertiary alicyclic amines) is 1. The predicted molar refractivity (Wildman–Crippen MR) is 198 cm³/mol. The highest BCUT2D eigenvalue weighted by Crippen LogP contribution is 2.27. The fourth-order valence-corrected chi connectivity index (χ4v) is 7.66. The first kappa shape index (κ1) is 45.3. The Kier molecular flexibility index (Phi) is 21.5. The standard InChI is InChI=1S/C34H62N6O8S2/c1-9-23(4)27(12-13-30(44)40-15-10-11-26(40)19-24(5)32(45)36-25(6)21-41)39(8)33(46)31(22(2)3)37-29(43)20-38(7)34(47)48-16-18-50-49-17-14-28(35)42/h22-27,31,41H,9-21H2,1-8H3,(H2,35,42)(H,36,45)(H,37,43)/t23-,24?,25?,26?,27?,31?/m0/s1. The lowest BCUT2D eigenvalue weighted by Gasteiger charge is -2.36. The molecule has 1 saturated heterocycles. The van der Waals surface area contributed by atoms with Crippen molar-refractivity contribution in [3.05, 3.63) is 0 Å². The van der Waals surface area contributed by atoms with E-state index in [1.54, 1.807) is 18.9 Å². The Morgan fingerprint density at radius 1 is 1.00 bits per heavy atom. The van der Waals surface area contributed by atoms with Gasteiger partial charge in [0, 0.05) is 69.0 Å². The molecule has 5 N–H and O–H groups in total. The second kappa shape index (κ2) is 23.7. The first-order valence-electron chi connectivity index (χ1n) is 17.7. The highest BCUT2D eigenvalue weighted by molar-refractivity contribution is 8.76. The number of carbonyl (C=O) groups is 6. The molecule has 14 nitrogen and oxygen atoms in total. The number of likely N-dealkylation sites (N-methyl/N-ethyl adjacent to an activating group) is 2. The van der Waals surface area contributed by atoms with Crippen LogP contribution in [0.15, 0.2) is 0 Å². The summed E-state index contributed by atoms with van der Waals surface area (Å²) >= 11 is 0. The van der Waals surface area contributed by atoms with Gasteiger partial charge in [-0.3, -0.25) is 24.0 Å². The maximum Gasteiger partial charge on any atom is 0.409 e. The summed E-state index contributed by atoms with van der Waals surface area (Å²) < 4.78 is 5.23. The summed E-state index contributed by atoms with van der Waals surface area (Å²) in [5.74, 6) is -0.631. The molecule has 5 unspecified atom stereocenters. The van der Waals surface area contributed by atoms with Gasteiger partial charge in [-0.2, -0.15) is 0 Å². The Morgan fingerprint density at radius 3 is 2.26 bits per heavy atom. The van der Waals surface area contributed by atoms with Crippen LogP contribution in [0.1, 0.15) is 86.5 Å².